The summed E-state index contributed by atoms with van der Waals surface area (Å²) < 4.78 is 10.7. The molecule has 7 heteroatoms. The molecule has 132 valence electrons. The molecule has 1 aliphatic heterocycles. The average Bonchev–Trinajstić information content (AvgIpc) is 3.31. The van der Waals surface area contributed by atoms with Crippen LogP contribution in [0.4, 0.5) is 10.8 Å². The lowest BCUT2D eigenvalue weighted by Crippen LogP contribution is -2.26. The summed E-state index contributed by atoms with van der Waals surface area (Å²) in [6.45, 7) is 2.19. The predicted molar refractivity (Wildman–Crippen MR) is 100 cm³/mol. The minimum absolute atomic E-state index is 0.0873. The summed E-state index contributed by atoms with van der Waals surface area (Å²) in [5.74, 6) is 1.22. The van der Waals surface area contributed by atoms with Gasteiger partial charge in [0.2, 0.25) is 6.79 Å². The summed E-state index contributed by atoms with van der Waals surface area (Å²) in [6, 6.07) is 15.3. The smallest absolute Gasteiger partial charge is 0.271 e. The van der Waals surface area contributed by atoms with Crippen molar-refractivity contribution in [2.45, 2.75) is 13.0 Å². The van der Waals surface area contributed by atoms with Crippen LogP contribution in [0.1, 0.15) is 29.0 Å². The molecule has 1 amide bonds. The summed E-state index contributed by atoms with van der Waals surface area (Å²) in [5.41, 5.74) is 2.27. The first-order valence-electron chi connectivity index (χ1n) is 8.17. The Morgan fingerprint density at radius 1 is 1.15 bits per heavy atom. The molecule has 0 saturated carbocycles. The number of rotatable bonds is 5. The Labute approximate surface area is 154 Å². The first-order valence-corrected chi connectivity index (χ1v) is 9.05. The van der Waals surface area contributed by atoms with Crippen molar-refractivity contribution >= 4 is 28.1 Å². The molecular formula is C19H17N3O3S. The van der Waals surface area contributed by atoms with Crippen LogP contribution in [-0.4, -0.2) is 17.7 Å². The molecule has 0 saturated heterocycles. The fraction of sp³-hybridized carbons (Fsp3) is 0.158. The molecule has 2 heterocycles. The van der Waals surface area contributed by atoms with Crippen LogP contribution >= 0.6 is 11.3 Å². The van der Waals surface area contributed by atoms with Crippen LogP contribution in [0.5, 0.6) is 11.5 Å². The zero-order chi connectivity index (χ0) is 17.9. The first kappa shape index (κ1) is 16.4. The summed E-state index contributed by atoms with van der Waals surface area (Å²) >= 11 is 1.37. The van der Waals surface area contributed by atoms with Crippen LogP contribution in [0.15, 0.2) is 53.9 Å². The molecule has 1 unspecified atom stereocenters. The number of anilines is 2. The van der Waals surface area contributed by atoms with E-state index in [0.717, 1.165) is 17.0 Å². The van der Waals surface area contributed by atoms with Crippen molar-refractivity contribution in [3.8, 4) is 11.5 Å². The highest BCUT2D eigenvalue weighted by molar-refractivity contribution is 7.14. The standard InChI is InChI=1S/C19H17N3O3S/c1-12(13-5-3-2-4-6-13)20-18(23)15-10-26-19(22-15)21-14-7-8-16-17(9-14)25-11-24-16/h2-10,12H,11H2,1H3,(H,20,23)(H,21,22). The van der Waals surface area contributed by atoms with Crippen LogP contribution in [0.2, 0.25) is 0 Å². The molecule has 0 fully saturated rings. The Morgan fingerprint density at radius 3 is 2.81 bits per heavy atom. The van der Waals surface area contributed by atoms with Crippen molar-refractivity contribution in [3.63, 3.8) is 0 Å². The van der Waals surface area contributed by atoms with Crippen molar-refractivity contribution in [1.29, 1.82) is 0 Å². The summed E-state index contributed by atoms with van der Waals surface area (Å²) in [4.78, 5) is 16.8. The maximum atomic E-state index is 12.4. The van der Waals surface area contributed by atoms with Gasteiger partial charge in [-0.25, -0.2) is 4.98 Å². The van der Waals surface area contributed by atoms with Gasteiger partial charge in [-0.2, -0.15) is 0 Å². The highest BCUT2D eigenvalue weighted by atomic mass is 32.1. The minimum atomic E-state index is -0.198. The van der Waals surface area contributed by atoms with E-state index < -0.39 is 0 Å². The number of carbonyl (C=O) groups is 1. The van der Waals surface area contributed by atoms with E-state index in [9.17, 15) is 4.79 Å². The second-order valence-corrected chi connectivity index (χ2v) is 6.69. The number of benzene rings is 2. The van der Waals surface area contributed by atoms with E-state index in [1.165, 1.54) is 11.3 Å². The lowest BCUT2D eigenvalue weighted by molar-refractivity contribution is 0.0935. The van der Waals surface area contributed by atoms with Gasteiger partial charge in [0.05, 0.1) is 6.04 Å². The van der Waals surface area contributed by atoms with E-state index in [-0.39, 0.29) is 18.7 Å². The van der Waals surface area contributed by atoms with Crippen LogP contribution in [0.25, 0.3) is 0 Å². The highest BCUT2D eigenvalue weighted by Crippen LogP contribution is 2.35. The molecule has 0 radical (unpaired) electrons. The molecule has 1 atom stereocenters. The van der Waals surface area contributed by atoms with Crippen LogP contribution < -0.4 is 20.1 Å². The minimum Gasteiger partial charge on any atom is -0.454 e. The molecule has 0 spiro atoms. The van der Waals surface area contributed by atoms with Gasteiger partial charge >= 0.3 is 0 Å². The zero-order valence-electron chi connectivity index (χ0n) is 14.1. The van der Waals surface area contributed by atoms with Gasteiger partial charge < -0.3 is 20.1 Å². The molecule has 1 aromatic heterocycles. The third-order valence-electron chi connectivity index (χ3n) is 4.01. The average molecular weight is 367 g/mol. The lowest BCUT2D eigenvalue weighted by atomic mass is 10.1. The fourth-order valence-electron chi connectivity index (χ4n) is 2.63. The third-order valence-corrected chi connectivity index (χ3v) is 4.77. The van der Waals surface area contributed by atoms with E-state index >= 15 is 0 Å². The second kappa shape index (κ2) is 7.05. The molecule has 6 nitrogen and oxygen atoms in total. The Hall–Kier alpha value is -3.06. The van der Waals surface area contributed by atoms with Gasteiger partial charge in [0.25, 0.3) is 5.91 Å². The van der Waals surface area contributed by atoms with Gasteiger partial charge in [-0.3, -0.25) is 4.79 Å². The first-order chi connectivity index (χ1) is 12.7. The molecule has 0 aliphatic carbocycles. The predicted octanol–water partition coefficient (Wildman–Crippen LogP) is 4.11. The maximum absolute atomic E-state index is 12.4. The topological polar surface area (TPSA) is 72.5 Å². The number of hydrogen-bond donors (Lipinski definition) is 2. The second-order valence-electron chi connectivity index (χ2n) is 5.84. The largest absolute Gasteiger partial charge is 0.454 e. The van der Waals surface area contributed by atoms with Crippen molar-refractivity contribution < 1.29 is 14.3 Å². The summed E-state index contributed by atoms with van der Waals surface area (Å²) in [7, 11) is 0. The molecule has 2 aromatic carbocycles. The number of ether oxygens (including phenoxy) is 2. The highest BCUT2D eigenvalue weighted by Gasteiger charge is 2.16. The quantitative estimate of drug-likeness (QED) is 0.710. The van der Waals surface area contributed by atoms with Gasteiger partial charge in [0, 0.05) is 17.1 Å². The zero-order valence-corrected chi connectivity index (χ0v) is 14.9. The summed E-state index contributed by atoms with van der Waals surface area (Å²) in [6.07, 6.45) is 0. The molecular weight excluding hydrogens is 350 g/mol. The molecule has 4 rings (SSSR count). The van der Waals surface area contributed by atoms with Gasteiger partial charge in [0.15, 0.2) is 16.6 Å². The van der Waals surface area contributed by atoms with E-state index in [4.69, 9.17) is 9.47 Å². The van der Waals surface area contributed by atoms with Crippen molar-refractivity contribution in [2.24, 2.45) is 0 Å². The lowest BCUT2D eigenvalue weighted by Gasteiger charge is -2.13. The third kappa shape index (κ3) is 3.48. The molecule has 3 aromatic rings. The van der Waals surface area contributed by atoms with E-state index in [2.05, 4.69) is 15.6 Å². The van der Waals surface area contributed by atoms with E-state index in [1.807, 2.05) is 55.5 Å². The number of hydrogen-bond acceptors (Lipinski definition) is 6. The maximum Gasteiger partial charge on any atom is 0.271 e. The van der Waals surface area contributed by atoms with Gasteiger partial charge in [0.1, 0.15) is 5.69 Å². The Kier molecular flexibility index (Phi) is 4.45. The molecule has 0 bridgehead atoms. The molecule has 1 aliphatic rings. The SMILES string of the molecule is CC(NC(=O)c1csc(Nc2ccc3c(c2)OCO3)n1)c1ccccc1. The number of fused-ring (bicyclic) bond motifs is 1. The fourth-order valence-corrected chi connectivity index (χ4v) is 3.34. The Morgan fingerprint density at radius 2 is 1.96 bits per heavy atom. The number of nitrogens with one attached hydrogen (secondary N) is 2. The monoisotopic (exact) mass is 367 g/mol. The van der Waals surface area contributed by atoms with Gasteiger partial charge in [-0.15, -0.1) is 11.3 Å². The number of thiazole rings is 1. The van der Waals surface area contributed by atoms with Crippen molar-refractivity contribution in [2.75, 3.05) is 12.1 Å². The van der Waals surface area contributed by atoms with Crippen molar-refractivity contribution in [3.05, 3.63) is 65.2 Å². The summed E-state index contributed by atoms with van der Waals surface area (Å²) in [5, 5.41) is 8.53. The Bertz CT molecular complexity index is 927. The van der Waals surface area contributed by atoms with Crippen LogP contribution in [-0.2, 0) is 0 Å². The number of aromatic nitrogens is 1. The number of amides is 1. The number of nitrogens with zero attached hydrogens (tertiary/aromatic N) is 1. The normalized spacial score (nSPS) is 13.3. The Balaban J connectivity index is 1.42. The number of carbonyl (C=O) groups excluding carboxylic acids is 1. The van der Waals surface area contributed by atoms with Crippen LogP contribution in [0, 0.1) is 0 Å². The van der Waals surface area contributed by atoms with Gasteiger partial charge in [-0.05, 0) is 24.6 Å². The molecule has 26 heavy (non-hydrogen) atoms. The van der Waals surface area contributed by atoms with E-state index in [0.29, 0.717) is 16.6 Å². The van der Waals surface area contributed by atoms with E-state index in [1.54, 1.807) is 5.38 Å². The van der Waals surface area contributed by atoms with Crippen LogP contribution in [0.3, 0.4) is 0 Å². The molecule has 2 N–H and O–H groups in total. The van der Waals surface area contributed by atoms with Gasteiger partial charge in [-0.1, -0.05) is 30.3 Å². The van der Waals surface area contributed by atoms with Crippen molar-refractivity contribution in [1.82, 2.24) is 10.3 Å².